The molecule has 0 saturated carbocycles. The van der Waals surface area contributed by atoms with Crippen molar-refractivity contribution in [1.82, 2.24) is 15.2 Å². The molecule has 0 spiro atoms. The molecule has 3 rings (SSSR count). The number of benzene rings is 1. The van der Waals surface area contributed by atoms with Crippen LogP contribution in [0, 0.1) is 11.2 Å². The summed E-state index contributed by atoms with van der Waals surface area (Å²) in [7, 11) is 2.11. The van der Waals surface area contributed by atoms with E-state index in [4.69, 9.17) is 11.1 Å². The van der Waals surface area contributed by atoms with E-state index in [1.165, 1.54) is 12.3 Å². The average Bonchev–Trinajstić information content (AvgIpc) is 2.71. The molecule has 29 heavy (non-hydrogen) atoms. The highest BCUT2D eigenvalue weighted by Crippen LogP contribution is 2.30. The predicted molar refractivity (Wildman–Crippen MR) is 114 cm³/mol. The third kappa shape index (κ3) is 4.97. The van der Waals surface area contributed by atoms with Crippen molar-refractivity contribution >= 4 is 29.7 Å². The largest absolute Gasteiger partial charge is 0.388 e. The van der Waals surface area contributed by atoms with Crippen molar-refractivity contribution in [3.8, 4) is 11.1 Å². The van der Waals surface area contributed by atoms with Gasteiger partial charge in [0, 0.05) is 52.6 Å². The molecule has 0 aliphatic carbocycles. The Kier molecular flexibility index (Phi) is 6.56. The van der Waals surface area contributed by atoms with Crippen LogP contribution in [0.5, 0.6) is 0 Å². The van der Waals surface area contributed by atoms with Crippen molar-refractivity contribution in [3.63, 3.8) is 0 Å². The number of halogens is 1. The Labute approximate surface area is 169 Å². The average molecular weight is 396 g/mol. The van der Waals surface area contributed by atoms with Crippen molar-refractivity contribution < 1.29 is 9.18 Å². The molecule has 0 atom stereocenters. The first kappa shape index (κ1) is 20.5. The van der Waals surface area contributed by atoms with E-state index in [0.29, 0.717) is 34.8 Å². The van der Waals surface area contributed by atoms with Gasteiger partial charge in [-0.25, -0.2) is 9.37 Å². The highest BCUT2D eigenvalue weighted by molar-refractivity contribution is 6.08. The summed E-state index contributed by atoms with van der Waals surface area (Å²) in [4.78, 5) is 17.0. The number of likely N-dealkylation sites (tertiary alicyclic amines) is 1. The number of hydrogen-bond acceptors (Lipinski definition) is 6. The summed E-state index contributed by atoms with van der Waals surface area (Å²) in [5, 5.41) is 13.6. The van der Waals surface area contributed by atoms with E-state index in [-0.39, 0.29) is 11.4 Å². The van der Waals surface area contributed by atoms with Crippen LogP contribution in [0.2, 0.25) is 0 Å². The van der Waals surface area contributed by atoms with E-state index in [9.17, 15) is 9.18 Å². The van der Waals surface area contributed by atoms with Gasteiger partial charge in [-0.05, 0) is 57.2 Å². The van der Waals surface area contributed by atoms with Crippen LogP contribution < -0.4 is 16.4 Å². The fourth-order valence-corrected chi connectivity index (χ4v) is 3.33. The van der Waals surface area contributed by atoms with E-state index >= 15 is 0 Å². The van der Waals surface area contributed by atoms with Gasteiger partial charge in [-0.2, -0.15) is 0 Å². The van der Waals surface area contributed by atoms with Gasteiger partial charge in [-0.15, -0.1) is 0 Å². The number of nitrogens with zero attached hydrogens (tertiary/aromatic N) is 2. The minimum atomic E-state index is -0.521. The van der Waals surface area contributed by atoms with Crippen molar-refractivity contribution in [1.29, 1.82) is 5.41 Å². The number of piperidine rings is 1. The molecule has 5 N–H and O–H groups in total. The van der Waals surface area contributed by atoms with Crippen LogP contribution in [0.4, 0.5) is 15.9 Å². The summed E-state index contributed by atoms with van der Waals surface area (Å²) in [5.74, 6) is -0.330. The van der Waals surface area contributed by atoms with Gasteiger partial charge in [0.05, 0.1) is 0 Å². The van der Waals surface area contributed by atoms with Gasteiger partial charge in [0.2, 0.25) is 6.41 Å². The molecule has 0 unspecified atom stereocenters. The van der Waals surface area contributed by atoms with Crippen molar-refractivity contribution in [2.45, 2.75) is 18.9 Å². The maximum atomic E-state index is 14.6. The first-order valence-electron chi connectivity index (χ1n) is 9.43. The van der Waals surface area contributed by atoms with E-state index in [1.807, 2.05) is 6.20 Å². The highest BCUT2D eigenvalue weighted by Gasteiger charge is 2.16. The number of nitrogens with two attached hydrogens (primary N) is 1. The van der Waals surface area contributed by atoms with Crippen molar-refractivity contribution in [3.05, 3.63) is 48.0 Å². The van der Waals surface area contributed by atoms with Crippen LogP contribution in [-0.4, -0.2) is 48.7 Å². The minimum Gasteiger partial charge on any atom is -0.388 e. The molecular weight excluding hydrogens is 371 g/mol. The fraction of sp³-hybridized carbons (Fsp3) is 0.286. The maximum absolute atomic E-state index is 14.6. The first-order valence-corrected chi connectivity index (χ1v) is 9.43. The summed E-state index contributed by atoms with van der Waals surface area (Å²) >= 11 is 0. The van der Waals surface area contributed by atoms with Crippen LogP contribution in [-0.2, 0) is 4.79 Å². The fourth-order valence-electron chi connectivity index (χ4n) is 3.33. The Morgan fingerprint density at radius 3 is 2.72 bits per heavy atom. The van der Waals surface area contributed by atoms with Gasteiger partial charge in [-0.1, -0.05) is 0 Å². The monoisotopic (exact) mass is 396 g/mol. The third-order valence-corrected chi connectivity index (χ3v) is 5.09. The lowest BCUT2D eigenvalue weighted by Gasteiger charge is -2.29. The standard InChI is InChI=1S/C21H25FN6O/c1-28-6-4-16(5-7-28)25-12-15(10-23)14-8-19(21(24)26-11-14)18-3-2-17(27-13-29)9-20(18)22/h2-3,8-13,16,23,25H,4-7H2,1H3,(H2,24,26)(H,27,29)/b15-12+,23-10?. The molecule has 0 bridgehead atoms. The number of amides is 1. The molecule has 1 fully saturated rings. The van der Waals surface area contributed by atoms with Gasteiger partial charge in [-0.3, -0.25) is 4.79 Å². The van der Waals surface area contributed by atoms with E-state index in [0.717, 1.165) is 25.9 Å². The zero-order valence-electron chi connectivity index (χ0n) is 16.3. The lowest BCUT2D eigenvalue weighted by molar-refractivity contribution is -0.105. The molecule has 2 aromatic rings. The lowest BCUT2D eigenvalue weighted by Crippen LogP contribution is -2.38. The van der Waals surface area contributed by atoms with Crippen LogP contribution in [0.3, 0.4) is 0 Å². The third-order valence-electron chi connectivity index (χ3n) is 5.09. The molecule has 1 saturated heterocycles. The van der Waals surface area contributed by atoms with Crippen molar-refractivity contribution in [2.24, 2.45) is 0 Å². The number of anilines is 2. The summed E-state index contributed by atoms with van der Waals surface area (Å²) in [6, 6.07) is 6.44. The SMILES string of the molecule is CN1CCC(N/C=C(\C=N)c2cnc(N)c(-c3ccc(NC=O)cc3F)c2)CC1. The van der Waals surface area contributed by atoms with Gasteiger partial charge in [0.25, 0.3) is 0 Å². The van der Waals surface area contributed by atoms with Crippen molar-refractivity contribution in [2.75, 3.05) is 31.2 Å². The Bertz CT molecular complexity index is 921. The van der Waals surface area contributed by atoms with Crippen LogP contribution in [0.1, 0.15) is 18.4 Å². The maximum Gasteiger partial charge on any atom is 0.211 e. The molecule has 7 nitrogen and oxygen atoms in total. The molecule has 152 valence electrons. The molecule has 0 radical (unpaired) electrons. The number of nitrogens with one attached hydrogen (secondary N) is 3. The number of carbonyl (C=O) groups is 1. The minimum absolute atomic E-state index is 0.191. The predicted octanol–water partition coefficient (Wildman–Crippen LogP) is 2.71. The first-order chi connectivity index (χ1) is 14.0. The number of hydrogen-bond donors (Lipinski definition) is 4. The zero-order chi connectivity index (χ0) is 20.8. The number of rotatable bonds is 7. The molecule has 2 heterocycles. The highest BCUT2D eigenvalue weighted by atomic mass is 19.1. The molecular formula is C21H25FN6O. The van der Waals surface area contributed by atoms with Gasteiger partial charge in [0.1, 0.15) is 11.6 Å². The van der Waals surface area contributed by atoms with Crippen LogP contribution in [0.15, 0.2) is 36.7 Å². The number of pyridine rings is 1. The summed E-state index contributed by atoms with van der Waals surface area (Å²) in [5.41, 5.74) is 8.36. The van der Waals surface area contributed by atoms with Gasteiger partial charge in [0.15, 0.2) is 0 Å². The number of carbonyl (C=O) groups excluding carboxylic acids is 1. The lowest BCUT2D eigenvalue weighted by atomic mass is 10.0. The van der Waals surface area contributed by atoms with E-state index < -0.39 is 5.82 Å². The smallest absolute Gasteiger partial charge is 0.211 e. The Balaban J connectivity index is 1.86. The topological polar surface area (TPSA) is 107 Å². The molecule has 1 aliphatic heterocycles. The van der Waals surface area contributed by atoms with Gasteiger partial charge >= 0.3 is 0 Å². The molecule has 1 aromatic heterocycles. The summed E-state index contributed by atoms with van der Waals surface area (Å²) < 4.78 is 14.6. The van der Waals surface area contributed by atoms with Crippen LogP contribution >= 0.6 is 0 Å². The van der Waals surface area contributed by atoms with Crippen LogP contribution in [0.25, 0.3) is 16.7 Å². The van der Waals surface area contributed by atoms with E-state index in [2.05, 4.69) is 27.6 Å². The second-order valence-electron chi connectivity index (χ2n) is 7.10. The summed E-state index contributed by atoms with van der Waals surface area (Å²) in [6.45, 7) is 2.07. The Hall–Kier alpha value is -3.26. The normalized spacial score (nSPS) is 15.7. The van der Waals surface area contributed by atoms with E-state index in [1.54, 1.807) is 24.4 Å². The molecule has 1 amide bonds. The molecule has 1 aliphatic rings. The Morgan fingerprint density at radius 1 is 1.31 bits per heavy atom. The second-order valence-corrected chi connectivity index (χ2v) is 7.10. The molecule has 1 aromatic carbocycles. The molecule has 8 heteroatoms. The zero-order valence-corrected chi connectivity index (χ0v) is 16.3. The van der Waals surface area contributed by atoms with Gasteiger partial charge < -0.3 is 26.7 Å². The quantitative estimate of drug-likeness (QED) is 0.425. The number of nitrogen functional groups attached to an aromatic ring is 1. The number of aromatic nitrogens is 1. The summed E-state index contributed by atoms with van der Waals surface area (Å²) in [6.07, 6.45) is 7.20. The number of allylic oxidation sites excluding steroid dienone is 1. The Morgan fingerprint density at radius 2 is 2.07 bits per heavy atom. The second kappa shape index (κ2) is 9.29.